The van der Waals surface area contributed by atoms with Gasteiger partial charge in [0.15, 0.2) is 5.11 Å². The van der Waals surface area contributed by atoms with Gasteiger partial charge in [-0.05, 0) is 18.3 Å². The monoisotopic (exact) mass is 402 g/mol. The van der Waals surface area contributed by atoms with Crippen molar-refractivity contribution in [3.8, 4) is 0 Å². The highest BCUT2D eigenvalue weighted by atomic mass is 35.5. The number of anilines is 2. The molecule has 4 rings (SSSR count). The topological polar surface area (TPSA) is 81.6 Å². The van der Waals surface area contributed by atoms with Gasteiger partial charge in [0.2, 0.25) is 0 Å². The molecule has 0 unspecified atom stereocenters. The zero-order chi connectivity index (χ0) is 18.6. The van der Waals surface area contributed by atoms with E-state index in [2.05, 4.69) is 40.6 Å². The molecule has 2 aliphatic rings. The molecule has 0 radical (unpaired) electrons. The predicted octanol–water partition coefficient (Wildman–Crippen LogP) is 1.74. The first-order chi connectivity index (χ1) is 13.2. The summed E-state index contributed by atoms with van der Waals surface area (Å²) in [6.07, 6.45) is 7.58. The molecule has 4 heterocycles. The largest absolute Gasteiger partial charge is 0.383 e. The molecule has 0 amide bonds. The van der Waals surface area contributed by atoms with Crippen LogP contribution in [0, 0.1) is 0 Å². The number of hydrogen-bond acceptors (Lipinski definition) is 7. The quantitative estimate of drug-likeness (QED) is 0.580. The van der Waals surface area contributed by atoms with Gasteiger partial charge in [-0.1, -0.05) is 11.6 Å². The van der Waals surface area contributed by atoms with Gasteiger partial charge in [-0.3, -0.25) is 15.4 Å². The summed E-state index contributed by atoms with van der Waals surface area (Å²) in [5.74, 6) is 0.896. The van der Waals surface area contributed by atoms with E-state index in [1.165, 1.54) is 0 Å². The molecule has 0 saturated carbocycles. The number of fused-ring (bicyclic) bond motifs is 1. The third-order valence-electron chi connectivity index (χ3n) is 4.53. The second kappa shape index (κ2) is 8.01. The van der Waals surface area contributed by atoms with Crippen LogP contribution in [0.2, 0.25) is 5.02 Å². The van der Waals surface area contributed by atoms with Crippen LogP contribution in [0.3, 0.4) is 0 Å². The van der Waals surface area contributed by atoms with Crippen LogP contribution >= 0.6 is 23.8 Å². The number of hydrazone groups is 1. The van der Waals surface area contributed by atoms with Crippen molar-refractivity contribution in [1.29, 1.82) is 0 Å². The van der Waals surface area contributed by atoms with Crippen LogP contribution in [0.1, 0.15) is 12.1 Å². The molecular formula is C17H19ClN8S. The van der Waals surface area contributed by atoms with Crippen LogP contribution in [0.25, 0.3) is 0 Å². The maximum Gasteiger partial charge on any atom is 0.189 e. The Morgan fingerprint density at radius 1 is 1.19 bits per heavy atom. The van der Waals surface area contributed by atoms with Crippen LogP contribution in [-0.2, 0) is 0 Å². The highest BCUT2D eigenvalue weighted by Crippen LogP contribution is 2.23. The Balaban J connectivity index is 1.36. The van der Waals surface area contributed by atoms with Crippen molar-refractivity contribution >= 4 is 46.1 Å². The fourth-order valence-electron chi connectivity index (χ4n) is 3.13. The Morgan fingerprint density at radius 2 is 2.04 bits per heavy atom. The molecule has 2 aliphatic heterocycles. The summed E-state index contributed by atoms with van der Waals surface area (Å²) in [7, 11) is 0. The molecule has 0 aliphatic carbocycles. The average Bonchev–Trinajstić information content (AvgIpc) is 2.72. The van der Waals surface area contributed by atoms with Crippen LogP contribution in [-0.4, -0.2) is 63.4 Å². The molecule has 10 heteroatoms. The maximum atomic E-state index is 6.01. The molecule has 0 bridgehead atoms. The van der Waals surface area contributed by atoms with Crippen molar-refractivity contribution in [3.05, 3.63) is 41.6 Å². The summed E-state index contributed by atoms with van der Waals surface area (Å²) >= 11 is 11.5. The number of thiocarbonyl (C=S) groups is 1. The van der Waals surface area contributed by atoms with Crippen LogP contribution in [0.5, 0.6) is 0 Å². The lowest BCUT2D eigenvalue weighted by Crippen LogP contribution is -2.51. The average molecular weight is 403 g/mol. The standard InChI is InChI=1S/C17H19ClN8S/c18-12-9-14-16(22-10-12)13(1-2-20-14)23-24-17(27)26-7-5-25(6-8-26)15-11-19-3-4-21-15/h3-4,9-11,20H,1-2,5-8H2,(H,24,27)/b23-13-. The first kappa shape index (κ1) is 17.9. The minimum absolute atomic E-state index is 0.604. The molecular weight excluding hydrogens is 384 g/mol. The number of piperazine rings is 1. The molecule has 0 aromatic carbocycles. The van der Waals surface area contributed by atoms with E-state index in [4.69, 9.17) is 23.8 Å². The Kier molecular flexibility index (Phi) is 5.30. The maximum absolute atomic E-state index is 6.01. The highest BCUT2D eigenvalue weighted by Gasteiger charge is 2.21. The number of pyridine rings is 1. The van der Waals surface area contributed by atoms with Gasteiger partial charge in [0.05, 0.1) is 22.6 Å². The SMILES string of the molecule is S=C(N/N=C1/CCNc2cc(Cl)cnc21)N1CCN(c2cnccn2)CC1. The van der Waals surface area contributed by atoms with Crippen molar-refractivity contribution in [2.75, 3.05) is 42.9 Å². The number of halogens is 1. The molecule has 27 heavy (non-hydrogen) atoms. The number of hydrogen-bond donors (Lipinski definition) is 2. The highest BCUT2D eigenvalue weighted by molar-refractivity contribution is 7.80. The summed E-state index contributed by atoms with van der Waals surface area (Å²) in [6, 6.07) is 1.86. The Bertz CT molecular complexity index is 851. The fourth-order valence-corrected chi connectivity index (χ4v) is 3.51. The minimum Gasteiger partial charge on any atom is -0.383 e. The third kappa shape index (κ3) is 4.09. The van der Waals surface area contributed by atoms with Gasteiger partial charge in [-0.2, -0.15) is 5.10 Å². The van der Waals surface area contributed by atoms with Gasteiger partial charge < -0.3 is 15.1 Å². The van der Waals surface area contributed by atoms with Gasteiger partial charge in [0.25, 0.3) is 0 Å². The van der Waals surface area contributed by atoms with Gasteiger partial charge in [-0.25, -0.2) is 4.98 Å². The van der Waals surface area contributed by atoms with E-state index in [1.807, 2.05) is 6.07 Å². The molecule has 2 aromatic rings. The van der Waals surface area contributed by atoms with Crippen molar-refractivity contribution in [2.24, 2.45) is 5.10 Å². The van der Waals surface area contributed by atoms with Crippen molar-refractivity contribution in [2.45, 2.75) is 6.42 Å². The normalized spacial score (nSPS) is 18.0. The van der Waals surface area contributed by atoms with Gasteiger partial charge in [0, 0.05) is 57.7 Å². The second-order valence-electron chi connectivity index (χ2n) is 6.24. The number of aromatic nitrogens is 3. The Hall–Kier alpha value is -2.52. The van der Waals surface area contributed by atoms with Crippen molar-refractivity contribution < 1.29 is 0 Å². The summed E-state index contributed by atoms with van der Waals surface area (Å²) in [5, 5.41) is 9.02. The van der Waals surface area contributed by atoms with E-state index in [0.717, 1.165) is 62.1 Å². The van der Waals surface area contributed by atoms with Crippen molar-refractivity contribution in [3.63, 3.8) is 0 Å². The van der Waals surface area contributed by atoms with E-state index >= 15 is 0 Å². The third-order valence-corrected chi connectivity index (χ3v) is 5.09. The lowest BCUT2D eigenvalue weighted by Gasteiger charge is -2.36. The first-order valence-corrected chi connectivity index (χ1v) is 9.51. The van der Waals surface area contributed by atoms with Crippen molar-refractivity contribution in [1.82, 2.24) is 25.3 Å². The molecule has 1 saturated heterocycles. The zero-order valence-electron chi connectivity index (χ0n) is 14.6. The van der Waals surface area contributed by atoms with Gasteiger partial charge in [0.1, 0.15) is 11.5 Å². The molecule has 1 fully saturated rings. The molecule has 0 atom stereocenters. The van der Waals surface area contributed by atoms with Crippen LogP contribution < -0.4 is 15.6 Å². The Morgan fingerprint density at radius 3 is 2.81 bits per heavy atom. The van der Waals surface area contributed by atoms with Crippen LogP contribution in [0.15, 0.2) is 36.0 Å². The van der Waals surface area contributed by atoms with E-state index in [-0.39, 0.29) is 0 Å². The van der Waals surface area contributed by atoms with E-state index < -0.39 is 0 Å². The second-order valence-corrected chi connectivity index (χ2v) is 7.06. The fraction of sp³-hybridized carbons (Fsp3) is 0.353. The molecule has 2 N–H and O–H groups in total. The number of nitrogens with zero attached hydrogens (tertiary/aromatic N) is 6. The lowest BCUT2D eigenvalue weighted by molar-refractivity contribution is 0.379. The summed E-state index contributed by atoms with van der Waals surface area (Å²) in [5.41, 5.74) is 5.62. The zero-order valence-corrected chi connectivity index (χ0v) is 16.2. The van der Waals surface area contributed by atoms with E-state index in [9.17, 15) is 0 Å². The molecule has 140 valence electrons. The molecule has 0 spiro atoms. The predicted molar refractivity (Wildman–Crippen MR) is 110 cm³/mol. The molecule has 8 nitrogen and oxygen atoms in total. The molecule has 2 aromatic heterocycles. The number of rotatable bonds is 2. The summed E-state index contributed by atoms with van der Waals surface area (Å²) in [6.45, 7) is 4.07. The van der Waals surface area contributed by atoms with E-state index in [0.29, 0.717) is 10.1 Å². The van der Waals surface area contributed by atoms with Gasteiger partial charge >= 0.3 is 0 Å². The van der Waals surface area contributed by atoms with E-state index in [1.54, 1.807) is 24.8 Å². The van der Waals surface area contributed by atoms with Gasteiger partial charge in [-0.15, -0.1) is 0 Å². The summed E-state index contributed by atoms with van der Waals surface area (Å²) in [4.78, 5) is 17.2. The first-order valence-electron chi connectivity index (χ1n) is 8.73. The lowest BCUT2D eigenvalue weighted by atomic mass is 10.1. The summed E-state index contributed by atoms with van der Waals surface area (Å²) < 4.78 is 0. The smallest absolute Gasteiger partial charge is 0.189 e. The minimum atomic E-state index is 0.604. The number of nitrogens with one attached hydrogen (secondary N) is 2. The Labute approximate surface area is 167 Å². The van der Waals surface area contributed by atoms with Crippen LogP contribution in [0.4, 0.5) is 11.5 Å².